The molecule has 4 aromatic carbocycles. The van der Waals surface area contributed by atoms with Crippen LogP contribution in [0, 0.1) is 23.7 Å². The Hall–Kier alpha value is -6.16. The van der Waals surface area contributed by atoms with Crippen molar-refractivity contribution < 1.29 is 39.2 Å². The smallest absolute Gasteiger partial charge is 0.335 e. The van der Waals surface area contributed by atoms with Gasteiger partial charge in [-0.05, 0) is 125 Å². The van der Waals surface area contributed by atoms with Crippen molar-refractivity contribution in [2.24, 2.45) is 23.7 Å². The second-order valence-corrected chi connectivity index (χ2v) is 19.3. The Balaban J connectivity index is 0.000000172. The summed E-state index contributed by atoms with van der Waals surface area (Å²) in [6.45, 7) is 19.2. The topological polar surface area (TPSA) is 133 Å². The number of nitrogens with zero attached hydrogens (tertiary/aromatic N) is 4. The number of benzene rings is 4. The van der Waals surface area contributed by atoms with E-state index in [2.05, 4.69) is 108 Å². The molecule has 4 aliphatic rings. The Morgan fingerprint density at radius 2 is 0.881 bits per heavy atom. The predicted molar refractivity (Wildman–Crippen MR) is 269 cm³/mol. The van der Waals surface area contributed by atoms with E-state index >= 15 is 0 Å². The number of aromatic carboxylic acids is 2. The molecule has 0 atom stereocenters. The van der Waals surface area contributed by atoms with Gasteiger partial charge in [-0.25, -0.2) is 18.7 Å². The Bertz CT molecular complexity index is 2290. The van der Waals surface area contributed by atoms with Crippen LogP contribution in [0.5, 0.6) is 11.5 Å². The van der Waals surface area contributed by atoms with Crippen LogP contribution in [0.25, 0.3) is 21.5 Å². The van der Waals surface area contributed by atoms with Crippen LogP contribution in [0.2, 0.25) is 0 Å². The van der Waals surface area contributed by atoms with Gasteiger partial charge in [-0.3, -0.25) is 0 Å². The number of carboxylic acid groups (broad SMARTS) is 2. The van der Waals surface area contributed by atoms with Crippen LogP contribution in [0.15, 0.2) is 110 Å². The molecule has 0 spiro atoms. The van der Waals surface area contributed by atoms with E-state index in [4.69, 9.17) is 0 Å². The van der Waals surface area contributed by atoms with Gasteiger partial charge in [-0.1, -0.05) is 99.9 Å². The predicted octanol–water partition coefficient (Wildman–Crippen LogP) is 9.73. The Kier molecular flexibility index (Phi) is 18.8. The van der Waals surface area contributed by atoms with Gasteiger partial charge in [0.2, 0.25) is 0 Å². The first-order valence-corrected chi connectivity index (χ1v) is 24.6. The number of carboxylic acids is 2. The zero-order valence-electron chi connectivity index (χ0n) is 40.2. The fraction of sp³-hybridized carbons (Fsp3) is 0.439. The van der Waals surface area contributed by atoms with Crippen molar-refractivity contribution >= 4 is 45.9 Å². The minimum absolute atomic E-state index is 0.158. The average Bonchev–Trinajstić information content (AvgIpc) is 3.33. The van der Waals surface area contributed by atoms with E-state index in [1.165, 1.54) is 116 Å². The number of hydrogen-bond acceptors (Lipinski definition) is 6. The maximum Gasteiger partial charge on any atom is 0.335 e. The average molecular weight is 909 g/mol. The fourth-order valence-corrected chi connectivity index (χ4v) is 9.18. The molecule has 0 amide bonds. The zero-order chi connectivity index (χ0) is 47.7. The summed E-state index contributed by atoms with van der Waals surface area (Å²) in [5, 5.41) is 46.8. The van der Waals surface area contributed by atoms with Crippen LogP contribution >= 0.6 is 0 Å². The second kappa shape index (κ2) is 25.1. The maximum atomic E-state index is 12.9. The number of rotatable bonds is 10. The van der Waals surface area contributed by atoms with E-state index in [0.717, 1.165) is 23.7 Å². The molecular weight excluding hydrogens is 837 g/mol. The van der Waals surface area contributed by atoms with Crippen molar-refractivity contribution in [3.05, 3.63) is 132 Å². The molecule has 0 bridgehead atoms. The number of fused-ring (bicyclic) bond motifs is 2. The standard InChI is InChI=1S/C23H16O6.2C17H29N2/c24-20-16(14-7-3-1-5-12(14)9-18(20)22(26)27)11-17-15-8-4-2-6-13(15)10-19(21(17)25)23(28)29;2*1-16-6-12-18(13-7-16)10-4-3-5-11-19-14-8-17(2)9-15-19/h1-10,24-25H,11H2,(H,26,27)(H,28,29);2*3-5,10-11,16-17H,6-9,12-15H2,1-2H3/q;2*+1/p-2. The van der Waals surface area contributed by atoms with Crippen molar-refractivity contribution in [2.75, 3.05) is 52.4 Å². The highest BCUT2D eigenvalue weighted by molar-refractivity contribution is 6.02. The lowest BCUT2D eigenvalue weighted by atomic mass is 9.90. The van der Waals surface area contributed by atoms with Gasteiger partial charge < -0.3 is 30.2 Å². The maximum absolute atomic E-state index is 12.9. The molecular formula is C57H72N4O6. The number of piperidine rings is 4. The molecule has 10 nitrogen and oxygen atoms in total. The van der Waals surface area contributed by atoms with E-state index in [0.29, 0.717) is 21.5 Å². The molecule has 4 saturated heterocycles. The summed E-state index contributed by atoms with van der Waals surface area (Å²) >= 11 is 0. The summed E-state index contributed by atoms with van der Waals surface area (Å²) in [7, 11) is 0. The molecule has 10 heteroatoms. The molecule has 0 aromatic heterocycles. The Morgan fingerprint density at radius 1 is 0.537 bits per heavy atom. The highest BCUT2D eigenvalue weighted by Gasteiger charge is 2.19. The van der Waals surface area contributed by atoms with Gasteiger partial charge in [0, 0.05) is 64.0 Å². The molecule has 0 aliphatic carbocycles. The summed E-state index contributed by atoms with van der Waals surface area (Å²) in [5.41, 5.74) is -0.453. The zero-order valence-corrected chi connectivity index (χ0v) is 40.2. The monoisotopic (exact) mass is 909 g/mol. The van der Waals surface area contributed by atoms with E-state index in [-0.39, 0.29) is 28.7 Å². The first-order chi connectivity index (χ1) is 32.4. The summed E-state index contributed by atoms with van der Waals surface area (Å²) in [4.78, 5) is 28.0. The number of allylic oxidation sites excluding steroid dienone is 6. The van der Waals surface area contributed by atoms with E-state index in [1.807, 2.05) is 0 Å². The molecule has 4 fully saturated rings. The fourth-order valence-electron chi connectivity index (χ4n) is 9.18. The minimum Gasteiger partial charge on any atom is -0.872 e. The highest BCUT2D eigenvalue weighted by Crippen LogP contribution is 2.37. The molecule has 0 saturated carbocycles. The van der Waals surface area contributed by atoms with E-state index in [1.54, 1.807) is 48.5 Å². The van der Waals surface area contributed by atoms with Crippen molar-refractivity contribution in [3.63, 3.8) is 0 Å². The van der Waals surface area contributed by atoms with Crippen LogP contribution in [0.3, 0.4) is 0 Å². The third-order valence-electron chi connectivity index (χ3n) is 13.9. The lowest BCUT2D eigenvalue weighted by Crippen LogP contribution is -2.28. The first-order valence-electron chi connectivity index (χ1n) is 24.6. The van der Waals surface area contributed by atoms with Crippen LogP contribution in [-0.4, -0.2) is 106 Å². The largest absolute Gasteiger partial charge is 0.872 e. The summed E-state index contributed by atoms with van der Waals surface area (Å²) in [6.07, 6.45) is 32.6. The van der Waals surface area contributed by atoms with Gasteiger partial charge in [0.15, 0.2) is 12.4 Å². The van der Waals surface area contributed by atoms with Crippen LogP contribution < -0.4 is 10.2 Å². The molecule has 4 heterocycles. The quantitative estimate of drug-likeness (QED) is 0.119. The van der Waals surface area contributed by atoms with Crippen molar-refractivity contribution in [1.29, 1.82) is 0 Å². The van der Waals surface area contributed by atoms with Crippen molar-refractivity contribution in [2.45, 2.75) is 85.5 Å². The summed E-state index contributed by atoms with van der Waals surface area (Å²) in [5.74, 6) is -0.419. The number of likely N-dealkylation sites (tertiary alicyclic amines) is 2. The molecule has 356 valence electrons. The van der Waals surface area contributed by atoms with Gasteiger partial charge in [-0.15, -0.1) is 0 Å². The first kappa shape index (κ1) is 50.3. The number of carbonyl (C=O) groups is 2. The van der Waals surface area contributed by atoms with E-state index in [9.17, 15) is 30.0 Å². The van der Waals surface area contributed by atoms with Crippen LogP contribution in [0.1, 0.15) is 111 Å². The third kappa shape index (κ3) is 14.9. The lowest BCUT2D eigenvalue weighted by Gasteiger charge is -2.28. The Morgan fingerprint density at radius 3 is 1.24 bits per heavy atom. The molecule has 0 radical (unpaired) electrons. The van der Waals surface area contributed by atoms with Crippen LogP contribution in [0.4, 0.5) is 0 Å². The van der Waals surface area contributed by atoms with Crippen molar-refractivity contribution in [1.82, 2.24) is 9.80 Å². The number of hydrogen-bond donors (Lipinski definition) is 2. The molecule has 4 aromatic rings. The van der Waals surface area contributed by atoms with Gasteiger partial charge in [-0.2, -0.15) is 0 Å². The van der Waals surface area contributed by atoms with Gasteiger partial charge >= 0.3 is 11.9 Å². The normalized spacial score (nSPS) is 19.8. The minimum atomic E-state index is -1.35. The Labute approximate surface area is 398 Å². The molecule has 0 unspecified atom stereocenters. The SMILES string of the molecule is CC1CCN(C=CC=CC=[N+]2CCC(C)CC2)CC1.CC1CCN(C=CC=CC=[N+]2CCC(C)CC2)CC1.O=C(O)c1cc2ccccc2c(Cc2c([O-])c(C(=O)O)cc3ccccc23)c1[O-]. The van der Waals surface area contributed by atoms with Gasteiger partial charge in [0.1, 0.15) is 26.2 Å². The summed E-state index contributed by atoms with van der Waals surface area (Å²) in [6, 6.07) is 16.3. The van der Waals surface area contributed by atoms with Crippen molar-refractivity contribution in [3.8, 4) is 11.5 Å². The molecule has 8 rings (SSSR count). The van der Waals surface area contributed by atoms with Gasteiger partial charge in [0.05, 0.1) is 11.1 Å². The molecule has 4 aliphatic heterocycles. The van der Waals surface area contributed by atoms with E-state index < -0.39 is 23.4 Å². The molecule has 67 heavy (non-hydrogen) atoms. The highest BCUT2D eigenvalue weighted by atomic mass is 16.4. The second-order valence-electron chi connectivity index (χ2n) is 19.3. The summed E-state index contributed by atoms with van der Waals surface area (Å²) < 4.78 is 4.87. The lowest BCUT2D eigenvalue weighted by molar-refractivity contribution is -0.535. The van der Waals surface area contributed by atoms with Crippen LogP contribution in [-0.2, 0) is 6.42 Å². The molecule has 2 N–H and O–H groups in total. The van der Waals surface area contributed by atoms with Gasteiger partial charge in [0.25, 0.3) is 0 Å². The third-order valence-corrected chi connectivity index (χ3v) is 13.9.